The molecule has 1 unspecified atom stereocenters. The molecule has 1 heterocycles. The summed E-state index contributed by atoms with van der Waals surface area (Å²) < 4.78 is 0. The maximum Gasteiger partial charge on any atom is 0.255 e. The number of benzene rings is 1. The lowest BCUT2D eigenvalue weighted by molar-refractivity contribution is -0.138. The minimum atomic E-state index is -0.582. The maximum absolute atomic E-state index is 12.6. The number of amides is 3. The van der Waals surface area contributed by atoms with E-state index in [0.717, 1.165) is 11.1 Å². The zero-order chi connectivity index (χ0) is 14.9. The van der Waals surface area contributed by atoms with Crippen molar-refractivity contribution in [2.75, 3.05) is 6.54 Å². The second-order valence-corrected chi connectivity index (χ2v) is 5.09. The fraction of sp³-hybridized carbons (Fsp3) is 0.400. The highest BCUT2D eigenvalue weighted by Gasteiger charge is 2.36. The predicted molar refractivity (Wildman–Crippen MR) is 74.2 cm³/mol. The fourth-order valence-electron chi connectivity index (χ4n) is 2.49. The molecule has 5 nitrogen and oxygen atoms in total. The molecule has 1 aromatic carbocycles. The van der Waals surface area contributed by atoms with Gasteiger partial charge in [-0.25, -0.2) is 0 Å². The van der Waals surface area contributed by atoms with Crippen molar-refractivity contribution >= 4 is 17.7 Å². The zero-order valence-corrected chi connectivity index (χ0v) is 11.9. The number of carbonyl (C=O) groups is 3. The van der Waals surface area contributed by atoms with Crippen molar-refractivity contribution in [3.63, 3.8) is 0 Å². The van der Waals surface area contributed by atoms with E-state index in [0.29, 0.717) is 12.0 Å². The van der Waals surface area contributed by atoms with Crippen LogP contribution < -0.4 is 5.32 Å². The highest BCUT2D eigenvalue weighted by molar-refractivity contribution is 6.07. The van der Waals surface area contributed by atoms with Crippen LogP contribution in [0.25, 0.3) is 0 Å². The van der Waals surface area contributed by atoms with Crippen LogP contribution in [-0.4, -0.2) is 35.2 Å². The molecule has 0 radical (unpaired) electrons. The van der Waals surface area contributed by atoms with Crippen LogP contribution in [-0.2, 0) is 9.59 Å². The average Bonchev–Trinajstić information content (AvgIpc) is 2.37. The predicted octanol–water partition coefficient (Wildman–Crippen LogP) is 1.18. The zero-order valence-electron chi connectivity index (χ0n) is 11.9. The molecule has 1 aliphatic heterocycles. The van der Waals surface area contributed by atoms with Gasteiger partial charge in [-0.2, -0.15) is 0 Å². The van der Waals surface area contributed by atoms with Crippen molar-refractivity contribution in [2.24, 2.45) is 0 Å². The van der Waals surface area contributed by atoms with E-state index in [2.05, 4.69) is 5.32 Å². The molecule has 1 aromatic rings. The van der Waals surface area contributed by atoms with Gasteiger partial charge in [0.05, 0.1) is 0 Å². The van der Waals surface area contributed by atoms with Gasteiger partial charge in [0.1, 0.15) is 12.6 Å². The van der Waals surface area contributed by atoms with Crippen molar-refractivity contribution < 1.29 is 14.4 Å². The Hall–Kier alpha value is -2.17. The number of rotatable bonds is 2. The van der Waals surface area contributed by atoms with Crippen molar-refractivity contribution in [3.8, 4) is 0 Å². The second kappa shape index (κ2) is 5.45. The van der Waals surface area contributed by atoms with Crippen molar-refractivity contribution in [3.05, 3.63) is 34.9 Å². The molecule has 1 saturated heterocycles. The summed E-state index contributed by atoms with van der Waals surface area (Å²) in [5, 5.41) is 2.27. The van der Waals surface area contributed by atoms with E-state index in [1.807, 2.05) is 32.9 Å². The third-order valence-electron chi connectivity index (χ3n) is 3.52. The number of nitrogens with zero attached hydrogens (tertiary/aromatic N) is 1. The number of hydrogen-bond acceptors (Lipinski definition) is 3. The number of aryl methyl sites for hydroxylation is 2. The first-order valence-corrected chi connectivity index (χ1v) is 6.66. The molecule has 2 rings (SSSR count). The van der Waals surface area contributed by atoms with Crippen LogP contribution in [0, 0.1) is 13.8 Å². The molecule has 1 N–H and O–H groups in total. The van der Waals surface area contributed by atoms with Crippen LogP contribution in [0.4, 0.5) is 0 Å². The smallest absolute Gasteiger partial charge is 0.255 e. The first kappa shape index (κ1) is 14.2. The molecule has 106 valence electrons. The summed E-state index contributed by atoms with van der Waals surface area (Å²) in [4.78, 5) is 37.2. The summed E-state index contributed by atoms with van der Waals surface area (Å²) in [6, 6.07) is 4.94. The number of nitrogens with one attached hydrogen (secondary N) is 1. The Balaban J connectivity index is 2.34. The summed E-state index contributed by atoms with van der Waals surface area (Å²) >= 11 is 0. The van der Waals surface area contributed by atoms with Crippen LogP contribution >= 0.6 is 0 Å². The Kier molecular flexibility index (Phi) is 3.88. The molecule has 0 saturated carbocycles. The Morgan fingerprint density at radius 3 is 2.65 bits per heavy atom. The van der Waals surface area contributed by atoms with Gasteiger partial charge in [0.25, 0.3) is 5.91 Å². The van der Waals surface area contributed by atoms with Crippen LogP contribution in [0.1, 0.15) is 34.8 Å². The highest BCUT2D eigenvalue weighted by Crippen LogP contribution is 2.17. The van der Waals surface area contributed by atoms with Gasteiger partial charge in [-0.3, -0.25) is 19.7 Å². The summed E-state index contributed by atoms with van der Waals surface area (Å²) in [7, 11) is 0. The molecule has 20 heavy (non-hydrogen) atoms. The van der Waals surface area contributed by atoms with Gasteiger partial charge in [0.2, 0.25) is 11.8 Å². The van der Waals surface area contributed by atoms with Gasteiger partial charge >= 0.3 is 0 Å². The lowest BCUT2D eigenvalue weighted by atomic mass is 10.0. The summed E-state index contributed by atoms with van der Waals surface area (Å²) in [6.45, 7) is 5.56. The highest BCUT2D eigenvalue weighted by atomic mass is 16.2. The third kappa shape index (κ3) is 2.57. The van der Waals surface area contributed by atoms with Gasteiger partial charge in [-0.15, -0.1) is 0 Å². The normalized spacial score (nSPS) is 18.9. The summed E-state index contributed by atoms with van der Waals surface area (Å²) in [5.41, 5.74) is 2.46. The van der Waals surface area contributed by atoms with E-state index in [9.17, 15) is 14.4 Å². The van der Waals surface area contributed by atoms with Crippen LogP contribution in [0.3, 0.4) is 0 Å². The van der Waals surface area contributed by atoms with Crippen LogP contribution in [0.2, 0.25) is 0 Å². The largest absolute Gasteiger partial charge is 0.317 e. The molecular formula is C15H18N2O3. The molecule has 3 amide bonds. The Labute approximate surface area is 118 Å². The molecular weight excluding hydrogens is 256 g/mol. The molecule has 1 atom stereocenters. The SMILES string of the molecule is CCC1C(=O)NC(=O)CN1C(=O)c1ccc(C)cc1C. The van der Waals surface area contributed by atoms with Gasteiger partial charge in [0, 0.05) is 5.56 Å². The first-order chi connectivity index (χ1) is 9.43. The summed E-state index contributed by atoms with van der Waals surface area (Å²) in [6.07, 6.45) is 0.482. The van der Waals surface area contributed by atoms with E-state index < -0.39 is 17.9 Å². The Bertz CT molecular complexity index is 580. The van der Waals surface area contributed by atoms with Gasteiger partial charge < -0.3 is 4.90 Å². The third-order valence-corrected chi connectivity index (χ3v) is 3.52. The Morgan fingerprint density at radius 1 is 1.35 bits per heavy atom. The molecule has 1 fully saturated rings. The van der Waals surface area contributed by atoms with Crippen LogP contribution in [0.15, 0.2) is 18.2 Å². The molecule has 5 heteroatoms. The molecule has 0 spiro atoms. The standard InChI is InChI=1S/C15H18N2O3/c1-4-12-14(19)16-13(18)8-17(12)15(20)11-6-5-9(2)7-10(11)3/h5-7,12H,4,8H2,1-3H3,(H,16,18,19). The topological polar surface area (TPSA) is 66.5 Å². The van der Waals surface area contributed by atoms with Gasteiger partial charge in [-0.05, 0) is 31.9 Å². The van der Waals surface area contributed by atoms with E-state index in [4.69, 9.17) is 0 Å². The van der Waals surface area contributed by atoms with Gasteiger partial charge in [-0.1, -0.05) is 24.6 Å². The van der Waals surface area contributed by atoms with E-state index >= 15 is 0 Å². The van der Waals surface area contributed by atoms with Crippen molar-refractivity contribution in [1.82, 2.24) is 10.2 Å². The van der Waals surface area contributed by atoms with E-state index in [1.165, 1.54) is 4.90 Å². The Morgan fingerprint density at radius 2 is 2.05 bits per heavy atom. The number of hydrogen-bond donors (Lipinski definition) is 1. The molecule has 1 aliphatic rings. The molecule has 0 bridgehead atoms. The lowest BCUT2D eigenvalue weighted by Gasteiger charge is -2.33. The molecule has 0 aromatic heterocycles. The summed E-state index contributed by atoms with van der Waals surface area (Å²) in [5.74, 6) is -1.10. The minimum absolute atomic E-state index is 0.0730. The van der Waals surface area contributed by atoms with Crippen LogP contribution in [0.5, 0.6) is 0 Å². The maximum atomic E-state index is 12.6. The fourth-order valence-corrected chi connectivity index (χ4v) is 2.49. The average molecular weight is 274 g/mol. The van der Waals surface area contributed by atoms with Crippen molar-refractivity contribution in [1.29, 1.82) is 0 Å². The first-order valence-electron chi connectivity index (χ1n) is 6.66. The van der Waals surface area contributed by atoms with E-state index in [1.54, 1.807) is 6.07 Å². The lowest BCUT2D eigenvalue weighted by Crippen LogP contribution is -2.59. The van der Waals surface area contributed by atoms with Crippen molar-refractivity contribution in [2.45, 2.75) is 33.2 Å². The monoisotopic (exact) mass is 274 g/mol. The quantitative estimate of drug-likeness (QED) is 0.824. The second-order valence-electron chi connectivity index (χ2n) is 5.09. The van der Waals surface area contributed by atoms with Gasteiger partial charge in [0.15, 0.2) is 0 Å². The van der Waals surface area contributed by atoms with E-state index in [-0.39, 0.29) is 12.5 Å². The number of piperazine rings is 1. The number of carbonyl (C=O) groups excluding carboxylic acids is 3. The molecule has 0 aliphatic carbocycles. The minimum Gasteiger partial charge on any atom is -0.317 e. The number of imide groups is 1.